The molecule has 0 spiro atoms. The number of nitrogens with one attached hydrogen (secondary N) is 1. The zero-order valence-electron chi connectivity index (χ0n) is 12.5. The summed E-state index contributed by atoms with van der Waals surface area (Å²) < 4.78 is 7.45. The number of hydrogen-bond donors (Lipinski definition) is 1. The molecule has 1 aromatic heterocycles. The number of aromatic nitrogens is 1. The van der Waals surface area contributed by atoms with Gasteiger partial charge in [0.1, 0.15) is 5.75 Å². The van der Waals surface area contributed by atoms with E-state index < -0.39 is 0 Å². The molecule has 0 atom stereocenters. The summed E-state index contributed by atoms with van der Waals surface area (Å²) in [5.74, 6) is 0.812. The maximum Gasteiger partial charge on any atom is 0.119 e. The van der Waals surface area contributed by atoms with Crippen molar-refractivity contribution in [1.82, 2.24) is 4.57 Å². The predicted octanol–water partition coefficient (Wildman–Crippen LogP) is 4.16. The third kappa shape index (κ3) is 2.11. The first-order valence-electron chi connectivity index (χ1n) is 6.89. The highest BCUT2D eigenvalue weighted by Crippen LogP contribution is 2.33. The van der Waals surface area contributed by atoms with Crippen molar-refractivity contribution < 1.29 is 4.74 Å². The van der Waals surface area contributed by atoms with Crippen LogP contribution in [0.1, 0.15) is 11.1 Å². The molecule has 1 heterocycles. The van der Waals surface area contributed by atoms with E-state index in [0.717, 1.165) is 33.5 Å². The van der Waals surface area contributed by atoms with Gasteiger partial charge in [-0.15, -0.1) is 0 Å². The molecule has 3 aromatic rings. The Kier molecular flexibility index (Phi) is 3.26. The molecule has 1 N–H and O–H groups in total. The first-order chi connectivity index (χ1) is 10.2. The molecule has 0 saturated carbocycles. The Morgan fingerprint density at radius 1 is 1.10 bits per heavy atom. The predicted molar refractivity (Wildman–Crippen MR) is 87.5 cm³/mol. The van der Waals surface area contributed by atoms with Gasteiger partial charge < -0.3 is 14.7 Å². The summed E-state index contributed by atoms with van der Waals surface area (Å²) in [5.41, 5.74) is 5.45. The third-order valence-corrected chi connectivity index (χ3v) is 3.92. The minimum absolute atomic E-state index is 0.812. The smallest absolute Gasteiger partial charge is 0.119 e. The van der Waals surface area contributed by atoms with Crippen LogP contribution in [0.3, 0.4) is 0 Å². The highest BCUT2D eigenvalue weighted by atomic mass is 16.5. The first kappa shape index (κ1) is 13.4. The van der Waals surface area contributed by atoms with E-state index >= 15 is 0 Å². The Morgan fingerprint density at radius 2 is 1.81 bits per heavy atom. The van der Waals surface area contributed by atoms with Crippen LogP contribution in [0.15, 0.2) is 42.5 Å². The molecule has 0 radical (unpaired) electrons. The van der Waals surface area contributed by atoms with E-state index in [0.29, 0.717) is 0 Å². The van der Waals surface area contributed by atoms with E-state index in [4.69, 9.17) is 10.1 Å². The molecule has 0 fully saturated rings. The Hall–Kier alpha value is -2.55. The average molecular weight is 278 g/mol. The van der Waals surface area contributed by atoms with Gasteiger partial charge >= 0.3 is 0 Å². The zero-order chi connectivity index (χ0) is 15.0. The van der Waals surface area contributed by atoms with E-state index in [1.807, 2.05) is 25.2 Å². The second-order valence-corrected chi connectivity index (χ2v) is 5.21. The summed E-state index contributed by atoms with van der Waals surface area (Å²) in [4.78, 5) is 0. The minimum Gasteiger partial charge on any atom is -0.497 e. The molecule has 21 heavy (non-hydrogen) atoms. The Bertz CT molecular complexity index is 813. The number of fused-ring (bicyclic) bond motifs is 1. The lowest BCUT2D eigenvalue weighted by atomic mass is 10.0. The fourth-order valence-corrected chi connectivity index (χ4v) is 2.79. The molecule has 2 aromatic carbocycles. The van der Waals surface area contributed by atoms with Crippen LogP contribution >= 0.6 is 0 Å². The fraction of sp³-hybridized carbons (Fsp3) is 0.167. The summed E-state index contributed by atoms with van der Waals surface area (Å²) in [5, 5.41) is 8.86. The lowest BCUT2D eigenvalue weighted by molar-refractivity contribution is 0.415. The van der Waals surface area contributed by atoms with Crippen LogP contribution in [0.4, 0.5) is 0 Å². The first-order valence-corrected chi connectivity index (χ1v) is 6.89. The molecule has 0 amide bonds. The van der Waals surface area contributed by atoms with Gasteiger partial charge in [-0.2, -0.15) is 0 Å². The molecule has 3 nitrogen and oxygen atoms in total. The molecular formula is C18H18N2O. The van der Waals surface area contributed by atoms with E-state index in [1.54, 1.807) is 7.11 Å². The SMILES string of the molecule is COc1ccc2c(c1)c(C=N)c(-c1ccc(C)cc1)n2C. The van der Waals surface area contributed by atoms with Gasteiger partial charge in [-0.05, 0) is 30.7 Å². The number of nitrogens with zero attached hydrogens (tertiary/aromatic N) is 1. The Labute approximate surface area is 124 Å². The van der Waals surface area contributed by atoms with Crippen molar-refractivity contribution >= 4 is 17.1 Å². The summed E-state index contributed by atoms with van der Waals surface area (Å²) >= 11 is 0. The van der Waals surface area contributed by atoms with Crippen molar-refractivity contribution in [3.05, 3.63) is 53.6 Å². The van der Waals surface area contributed by atoms with Crippen LogP contribution in [0.5, 0.6) is 5.75 Å². The van der Waals surface area contributed by atoms with Crippen molar-refractivity contribution in [2.45, 2.75) is 6.92 Å². The molecule has 0 bridgehead atoms. The molecule has 0 aliphatic carbocycles. The Balaban J connectivity index is 2.34. The lowest BCUT2D eigenvalue weighted by Gasteiger charge is -2.06. The molecule has 0 aliphatic rings. The van der Waals surface area contributed by atoms with E-state index in [9.17, 15) is 0 Å². The van der Waals surface area contributed by atoms with Crippen molar-refractivity contribution in [3.8, 4) is 17.0 Å². The van der Waals surface area contributed by atoms with Gasteiger partial charge in [-0.3, -0.25) is 0 Å². The largest absolute Gasteiger partial charge is 0.497 e. The number of aryl methyl sites for hydroxylation is 2. The van der Waals surface area contributed by atoms with Crippen molar-refractivity contribution in [2.24, 2.45) is 7.05 Å². The van der Waals surface area contributed by atoms with Crippen LogP contribution in [-0.4, -0.2) is 17.9 Å². The molecule has 0 saturated heterocycles. The van der Waals surface area contributed by atoms with Crippen LogP contribution in [-0.2, 0) is 7.05 Å². The van der Waals surface area contributed by atoms with Gasteiger partial charge in [-0.25, -0.2) is 0 Å². The second-order valence-electron chi connectivity index (χ2n) is 5.21. The van der Waals surface area contributed by atoms with E-state index in [1.165, 1.54) is 11.8 Å². The quantitative estimate of drug-likeness (QED) is 0.718. The highest BCUT2D eigenvalue weighted by Gasteiger charge is 2.15. The van der Waals surface area contributed by atoms with Gasteiger partial charge in [0.25, 0.3) is 0 Å². The topological polar surface area (TPSA) is 38.0 Å². The monoisotopic (exact) mass is 278 g/mol. The van der Waals surface area contributed by atoms with E-state index in [2.05, 4.69) is 35.8 Å². The number of ether oxygens (including phenoxy) is 1. The molecular weight excluding hydrogens is 260 g/mol. The number of benzene rings is 2. The summed E-state index contributed by atoms with van der Waals surface area (Å²) in [7, 11) is 3.70. The number of rotatable bonds is 3. The van der Waals surface area contributed by atoms with Gasteiger partial charge in [0.05, 0.1) is 12.8 Å². The fourth-order valence-electron chi connectivity index (χ4n) is 2.79. The zero-order valence-corrected chi connectivity index (χ0v) is 12.5. The van der Waals surface area contributed by atoms with Gasteiger partial charge in [0.2, 0.25) is 0 Å². The van der Waals surface area contributed by atoms with Crippen LogP contribution in [0.25, 0.3) is 22.2 Å². The Morgan fingerprint density at radius 3 is 2.43 bits per heavy atom. The second kappa shape index (κ2) is 5.09. The van der Waals surface area contributed by atoms with Gasteiger partial charge in [0, 0.05) is 29.7 Å². The molecule has 106 valence electrons. The molecule has 3 rings (SSSR count). The molecule has 0 aliphatic heterocycles. The van der Waals surface area contributed by atoms with Crippen molar-refractivity contribution in [3.63, 3.8) is 0 Å². The summed E-state index contributed by atoms with van der Waals surface area (Å²) in [6.07, 6.45) is 1.43. The van der Waals surface area contributed by atoms with Gasteiger partial charge in [-0.1, -0.05) is 29.8 Å². The number of methoxy groups -OCH3 is 1. The highest BCUT2D eigenvalue weighted by molar-refractivity contribution is 6.06. The third-order valence-electron chi connectivity index (χ3n) is 3.92. The number of hydrogen-bond acceptors (Lipinski definition) is 2. The van der Waals surface area contributed by atoms with Crippen molar-refractivity contribution in [1.29, 1.82) is 5.41 Å². The summed E-state index contributed by atoms with van der Waals surface area (Å²) in [6, 6.07) is 14.4. The standard InChI is InChI=1S/C18H18N2O/c1-12-4-6-13(7-5-12)18-16(11-19)15-10-14(21-3)8-9-17(15)20(18)2/h4-11,19H,1-3H3. The normalized spacial score (nSPS) is 10.8. The van der Waals surface area contributed by atoms with Crippen LogP contribution in [0.2, 0.25) is 0 Å². The maximum absolute atomic E-state index is 7.82. The van der Waals surface area contributed by atoms with Gasteiger partial charge in [0.15, 0.2) is 0 Å². The summed E-state index contributed by atoms with van der Waals surface area (Å²) in [6.45, 7) is 2.08. The molecule has 0 unspecified atom stereocenters. The maximum atomic E-state index is 7.82. The molecule has 3 heteroatoms. The average Bonchev–Trinajstić information content (AvgIpc) is 2.80. The van der Waals surface area contributed by atoms with E-state index in [-0.39, 0.29) is 0 Å². The van der Waals surface area contributed by atoms with Crippen LogP contribution in [0, 0.1) is 12.3 Å². The lowest BCUT2D eigenvalue weighted by Crippen LogP contribution is -1.93. The van der Waals surface area contributed by atoms with Crippen molar-refractivity contribution in [2.75, 3.05) is 7.11 Å². The minimum atomic E-state index is 0.812. The van der Waals surface area contributed by atoms with Crippen LogP contribution < -0.4 is 4.74 Å².